The number of nitrogens with one attached hydrogen (secondary N) is 3. The molecular weight excluding hydrogens is 290 g/mol. The molecule has 21 heavy (non-hydrogen) atoms. The van der Waals surface area contributed by atoms with Gasteiger partial charge in [0.15, 0.2) is 0 Å². The standard InChI is InChI=1S/C14H18ClN5O/c15-9-3-12(17)11(5-16)13(4-9)20-6-8-1-2-10(7-20)18-19-14(8)21/h3-5,8,10,16,18H,1-2,6-7,17H2,(H,19,21)/t8-,10+/m1/s1. The molecule has 2 aliphatic rings. The van der Waals surface area contributed by atoms with E-state index in [1.807, 2.05) is 6.07 Å². The molecular formula is C14H18ClN5O. The van der Waals surface area contributed by atoms with E-state index in [9.17, 15) is 4.79 Å². The summed E-state index contributed by atoms with van der Waals surface area (Å²) in [5.74, 6) is -0.0441. The Kier molecular flexibility index (Phi) is 3.73. The minimum atomic E-state index is -0.0659. The van der Waals surface area contributed by atoms with Gasteiger partial charge in [-0.2, -0.15) is 0 Å². The van der Waals surface area contributed by atoms with Gasteiger partial charge < -0.3 is 16.0 Å². The van der Waals surface area contributed by atoms with Gasteiger partial charge in [-0.3, -0.25) is 10.2 Å². The molecule has 0 radical (unpaired) electrons. The van der Waals surface area contributed by atoms with E-state index >= 15 is 0 Å². The van der Waals surface area contributed by atoms with Gasteiger partial charge in [0.2, 0.25) is 5.91 Å². The Morgan fingerprint density at radius 1 is 1.38 bits per heavy atom. The van der Waals surface area contributed by atoms with Crippen molar-refractivity contribution in [2.75, 3.05) is 23.7 Å². The lowest BCUT2D eigenvalue weighted by Crippen LogP contribution is -2.53. The van der Waals surface area contributed by atoms with Gasteiger partial charge in [-0.05, 0) is 25.0 Å². The number of nitrogen functional groups attached to an aromatic ring is 1. The van der Waals surface area contributed by atoms with Gasteiger partial charge in [0.25, 0.3) is 0 Å². The van der Waals surface area contributed by atoms with Gasteiger partial charge in [-0.25, -0.2) is 5.43 Å². The van der Waals surface area contributed by atoms with Crippen LogP contribution in [0, 0.1) is 11.3 Å². The second-order valence-corrected chi connectivity index (χ2v) is 6.02. The number of nitrogens with zero attached hydrogens (tertiary/aromatic N) is 1. The number of hydrogen-bond donors (Lipinski definition) is 4. The maximum absolute atomic E-state index is 12.0. The van der Waals surface area contributed by atoms with Crippen molar-refractivity contribution in [3.05, 3.63) is 22.7 Å². The molecule has 0 saturated carbocycles. The smallest absolute Gasteiger partial charge is 0.238 e. The molecule has 2 aliphatic heterocycles. The van der Waals surface area contributed by atoms with Gasteiger partial charge in [0.1, 0.15) is 0 Å². The van der Waals surface area contributed by atoms with Crippen LogP contribution in [0.2, 0.25) is 5.02 Å². The van der Waals surface area contributed by atoms with Crippen LogP contribution in [0.15, 0.2) is 12.1 Å². The van der Waals surface area contributed by atoms with Crippen molar-refractivity contribution in [1.82, 2.24) is 10.9 Å². The lowest BCUT2D eigenvalue weighted by molar-refractivity contribution is -0.125. The number of halogens is 1. The Balaban J connectivity index is 2.00. The number of nitrogens with two attached hydrogens (primary N) is 1. The molecule has 2 heterocycles. The number of fused-ring (bicyclic) bond motifs is 3. The van der Waals surface area contributed by atoms with E-state index < -0.39 is 0 Å². The quantitative estimate of drug-likeness (QED) is 0.487. The average Bonchev–Trinajstić information content (AvgIpc) is 2.74. The number of benzene rings is 1. The lowest BCUT2D eigenvalue weighted by Gasteiger charge is -2.32. The predicted octanol–water partition coefficient (Wildman–Crippen LogP) is 1.14. The highest BCUT2D eigenvalue weighted by Gasteiger charge is 2.32. The Morgan fingerprint density at radius 3 is 2.95 bits per heavy atom. The molecule has 3 rings (SSSR count). The molecule has 0 unspecified atom stereocenters. The van der Waals surface area contributed by atoms with Crippen LogP contribution >= 0.6 is 11.6 Å². The Bertz CT molecular complexity index is 591. The average molecular weight is 308 g/mol. The van der Waals surface area contributed by atoms with Crippen molar-refractivity contribution in [2.45, 2.75) is 18.9 Å². The number of hydrazine groups is 1. The first-order chi connectivity index (χ1) is 10.1. The Labute approximate surface area is 128 Å². The molecule has 0 spiro atoms. The van der Waals surface area contributed by atoms with Crippen molar-refractivity contribution in [3.63, 3.8) is 0 Å². The summed E-state index contributed by atoms with van der Waals surface area (Å²) in [6.07, 6.45) is 3.04. The normalized spacial score (nSPS) is 25.2. The van der Waals surface area contributed by atoms with Crippen LogP contribution in [-0.4, -0.2) is 31.3 Å². The summed E-state index contributed by atoms with van der Waals surface area (Å²) >= 11 is 6.11. The van der Waals surface area contributed by atoms with Crippen LogP contribution < -0.4 is 21.5 Å². The summed E-state index contributed by atoms with van der Waals surface area (Å²) < 4.78 is 0. The first-order valence-electron chi connectivity index (χ1n) is 6.98. The van der Waals surface area contributed by atoms with Crippen molar-refractivity contribution in [3.8, 4) is 0 Å². The minimum absolute atomic E-state index is 0.0219. The molecule has 2 atom stereocenters. The Morgan fingerprint density at radius 2 is 2.19 bits per heavy atom. The van der Waals surface area contributed by atoms with Gasteiger partial charge in [-0.1, -0.05) is 11.6 Å². The summed E-state index contributed by atoms with van der Waals surface area (Å²) in [5, 5.41) is 8.14. The monoisotopic (exact) mass is 307 g/mol. The summed E-state index contributed by atoms with van der Waals surface area (Å²) in [6, 6.07) is 3.65. The predicted molar refractivity (Wildman–Crippen MR) is 83.8 cm³/mol. The molecule has 1 amide bonds. The number of anilines is 2. The highest BCUT2D eigenvalue weighted by atomic mass is 35.5. The highest BCUT2D eigenvalue weighted by molar-refractivity contribution is 6.31. The molecule has 112 valence electrons. The fraction of sp³-hybridized carbons (Fsp3) is 0.429. The highest BCUT2D eigenvalue weighted by Crippen LogP contribution is 2.32. The third-order valence-electron chi connectivity index (χ3n) is 4.16. The molecule has 0 aliphatic carbocycles. The van der Waals surface area contributed by atoms with Gasteiger partial charge >= 0.3 is 0 Å². The van der Waals surface area contributed by atoms with E-state index in [2.05, 4.69) is 15.8 Å². The number of amides is 1. The summed E-state index contributed by atoms with van der Waals surface area (Å²) in [5.41, 5.74) is 13.8. The van der Waals surface area contributed by atoms with Crippen LogP contribution in [0.25, 0.3) is 0 Å². The first kappa shape index (κ1) is 14.2. The zero-order valence-corrected chi connectivity index (χ0v) is 12.3. The second-order valence-electron chi connectivity index (χ2n) is 5.58. The molecule has 2 fully saturated rings. The number of rotatable bonds is 2. The zero-order valence-electron chi connectivity index (χ0n) is 11.5. The third-order valence-corrected chi connectivity index (χ3v) is 4.37. The summed E-state index contributed by atoms with van der Waals surface area (Å²) in [7, 11) is 0. The molecule has 0 aromatic heterocycles. The molecule has 1 aromatic rings. The topological polar surface area (TPSA) is 94.2 Å². The fourth-order valence-corrected chi connectivity index (χ4v) is 3.26. The largest absolute Gasteiger partial charge is 0.398 e. The third kappa shape index (κ3) is 2.69. The van der Waals surface area contributed by atoms with Crippen LogP contribution in [0.3, 0.4) is 0 Å². The van der Waals surface area contributed by atoms with Gasteiger partial charge in [-0.15, -0.1) is 0 Å². The maximum atomic E-state index is 12.0. The van der Waals surface area contributed by atoms with E-state index in [-0.39, 0.29) is 17.9 Å². The van der Waals surface area contributed by atoms with Crippen molar-refractivity contribution in [1.29, 1.82) is 5.41 Å². The maximum Gasteiger partial charge on any atom is 0.238 e. The number of carbonyl (C=O) groups excluding carboxylic acids is 1. The van der Waals surface area contributed by atoms with Crippen molar-refractivity contribution in [2.24, 2.45) is 5.92 Å². The lowest BCUT2D eigenvalue weighted by atomic mass is 10.0. The molecule has 5 N–H and O–H groups in total. The summed E-state index contributed by atoms with van der Waals surface area (Å²) in [4.78, 5) is 14.1. The van der Waals surface area contributed by atoms with E-state index in [1.165, 1.54) is 6.21 Å². The molecule has 2 bridgehead atoms. The Hall–Kier alpha value is -1.79. The van der Waals surface area contributed by atoms with Gasteiger partial charge in [0.05, 0.1) is 5.92 Å². The SMILES string of the molecule is N=Cc1c(N)cc(Cl)cc1N1C[C@@H]2CC[C@H](C1)C(=O)NN2. The number of carbonyl (C=O) groups is 1. The van der Waals surface area contributed by atoms with Gasteiger partial charge in [0, 0.05) is 47.3 Å². The fourth-order valence-electron chi connectivity index (χ4n) is 3.04. The van der Waals surface area contributed by atoms with E-state index in [0.29, 0.717) is 22.8 Å². The number of hydrogen-bond acceptors (Lipinski definition) is 5. The molecule has 7 heteroatoms. The molecule has 2 saturated heterocycles. The molecule has 6 nitrogen and oxygen atoms in total. The zero-order chi connectivity index (χ0) is 15.0. The van der Waals surface area contributed by atoms with E-state index in [0.717, 1.165) is 25.1 Å². The van der Waals surface area contributed by atoms with Crippen LogP contribution in [0.4, 0.5) is 11.4 Å². The van der Waals surface area contributed by atoms with E-state index in [4.69, 9.17) is 22.7 Å². The van der Waals surface area contributed by atoms with E-state index in [1.54, 1.807) is 6.07 Å². The second kappa shape index (κ2) is 5.54. The first-order valence-corrected chi connectivity index (χ1v) is 7.36. The van der Waals surface area contributed by atoms with Crippen molar-refractivity contribution < 1.29 is 4.79 Å². The van der Waals surface area contributed by atoms with Crippen molar-refractivity contribution >= 4 is 35.1 Å². The molecule has 1 aromatic carbocycles. The van der Waals surface area contributed by atoms with Crippen LogP contribution in [0.5, 0.6) is 0 Å². The van der Waals surface area contributed by atoms with Crippen LogP contribution in [-0.2, 0) is 4.79 Å². The minimum Gasteiger partial charge on any atom is -0.398 e. The van der Waals surface area contributed by atoms with Crippen LogP contribution in [0.1, 0.15) is 18.4 Å². The summed E-state index contributed by atoms with van der Waals surface area (Å²) in [6.45, 7) is 1.36.